The van der Waals surface area contributed by atoms with E-state index >= 15 is 0 Å². The van der Waals surface area contributed by atoms with Crippen LogP contribution in [0.3, 0.4) is 0 Å². The van der Waals surface area contributed by atoms with Crippen LogP contribution in [-0.4, -0.2) is 27.6 Å². The van der Waals surface area contributed by atoms with Gasteiger partial charge in [-0.2, -0.15) is 4.98 Å². The predicted molar refractivity (Wildman–Crippen MR) is 105 cm³/mol. The van der Waals surface area contributed by atoms with Gasteiger partial charge in [-0.05, 0) is 40.8 Å². The zero-order valence-electron chi connectivity index (χ0n) is 14.8. The number of anilines is 1. The second kappa shape index (κ2) is 7.28. The molecule has 0 spiro atoms. The third-order valence-electron chi connectivity index (χ3n) is 4.15. The molecular weight excluding hydrogens is 381 g/mol. The van der Waals surface area contributed by atoms with E-state index < -0.39 is 5.82 Å². The molecule has 0 aliphatic rings. The van der Waals surface area contributed by atoms with Crippen molar-refractivity contribution >= 4 is 28.8 Å². The van der Waals surface area contributed by atoms with E-state index in [1.165, 1.54) is 21.9 Å². The summed E-state index contributed by atoms with van der Waals surface area (Å²) < 4.78 is 20.7. The van der Waals surface area contributed by atoms with E-state index in [0.29, 0.717) is 22.5 Å². The molecule has 4 aromatic rings. The smallest absolute Gasteiger partial charge is 0.261 e. The van der Waals surface area contributed by atoms with Crippen LogP contribution in [0.1, 0.15) is 15.2 Å². The summed E-state index contributed by atoms with van der Waals surface area (Å²) in [6, 6.07) is 10.5. The highest BCUT2D eigenvalue weighted by molar-refractivity contribution is 7.12. The standard InChI is InChI=1S/C19H16FN5O2S/c1-27-14-4-2-3-11(5-14)8-22-18(26)16-7-13(10-28-16)12-6-15(20)17-23-19(21)24-25(17)9-12/h2-7,9-10H,8H2,1H3,(H2,21,24)(H,22,26). The lowest BCUT2D eigenvalue weighted by atomic mass is 10.1. The Bertz CT molecular complexity index is 1170. The number of nitrogen functional groups attached to an aromatic ring is 1. The van der Waals surface area contributed by atoms with Crippen molar-refractivity contribution in [3.8, 4) is 16.9 Å². The Kier molecular flexibility index (Phi) is 4.66. The van der Waals surface area contributed by atoms with Crippen molar-refractivity contribution in [2.75, 3.05) is 12.8 Å². The maximum Gasteiger partial charge on any atom is 0.261 e. The van der Waals surface area contributed by atoms with Gasteiger partial charge in [-0.1, -0.05) is 12.1 Å². The molecule has 0 unspecified atom stereocenters. The first-order chi connectivity index (χ1) is 13.5. The lowest BCUT2D eigenvalue weighted by Gasteiger charge is -2.06. The maximum atomic E-state index is 14.2. The predicted octanol–water partition coefficient (Wildman–Crippen LogP) is 3.12. The average molecular weight is 397 g/mol. The number of rotatable bonds is 5. The number of nitrogens with two attached hydrogens (primary N) is 1. The van der Waals surface area contributed by atoms with Crippen molar-refractivity contribution in [3.63, 3.8) is 0 Å². The number of halogens is 1. The molecule has 0 saturated carbocycles. The van der Waals surface area contributed by atoms with Crippen LogP contribution in [0.5, 0.6) is 5.75 Å². The number of amides is 1. The van der Waals surface area contributed by atoms with E-state index in [1.807, 2.05) is 24.3 Å². The molecule has 0 bridgehead atoms. The molecule has 1 amide bonds. The summed E-state index contributed by atoms with van der Waals surface area (Å²) in [6.07, 6.45) is 1.63. The number of nitrogens with zero attached hydrogens (tertiary/aromatic N) is 3. The largest absolute Gasteiger partial charge is 0.497 e. The van der Waals surface area contributed by atoms with Gasteiger partial charge in [0.2, 0.25) is 5.95 Å². The van der Waals surface area contributed by atoms with Crippen molar-refractivity contribution in [1.82, 2.24) is 19.9 Å². The molecule has 0 aliphatic carbocycles. The lowest BCUT2D eigenvalue weighted by molar-refractivity contribution is 0.0955. The van der Waals surface area contributed by atoms with Crippen molar-refractivity contribution in [1.29, 1.82) is 0 Å². The van der Waals surface area contributed by atoms with Crippen molar-refractivity contribution in [3.05, 3.63) is 64.2 Å². The Morgan fingerprint density at radius 1 is 1.32 bits per heavy atom. The fourth-order valence-corrected chi connectivity index (χ4v) is 3.61. The van der Waals surface area contributed by atoms with E-state index in [0.717, 1.165) is 11.3 Å². The zero-order valence-corrected chi connectivity index (χ0v) is 15.7. The third kappa shape index (κ3) is 3.52. The van der Waals surface area contributed by atoms with Gasteiger partial charge in [0.15, 0.2) is 11.5 Å². The van der Waals surface area contributed by atoms with Crippen molar-refractivity contribution in [2.45, 2.75) is 6.54 Å². The van der Waals surface area contributed by atoms with Gasteiger partial charge < -0.3 is 15.8 Å². The van der Waals surface area contributed by atoms with Gasteiger partial charge in [0.05, 0.1) is 12.0 Å². The SMILES string of the molecule is COc1cccc(CNC(=O)c2cc(-c3cc(F)c4nc(N)nn4c3)cs2)c1. The summed E-state index contributed by atoms with van der Waals surface area (Å²) in [5.41, 5.74) is 7.81. The van der Waals surface area contributed by atoms with Crippen LogP contribution >= 0.6 is 11.3 Å². The summed E-state index contributed by atoms with van der Waals surface area (Å²) in [5, 5.41) is 8.60. The maximum absolute atomic E-state index is 14.2. The number of ether oxygens (including phenoxy) is 1. The zero-order chi connectivity index (χ0) is 19.7. The summed E-state index contributed by atoms with van der Waals surface area (Å²) in [4.78, 5) is 16.8. The number of hydrogen-bond acceptors (Lipinski definition) is 6. The molecule has 7 nitrogen and oxygen atoms in total. The molecule has 0 atom stereocenters. The van der Waals surface area contributed by atoms with Crippen LogP contribution in [0, 0.1) is 5.82 Å². The Morgan fingerprint density at radius 2 is 2.18 bits per heavy atom. The highest BCUT2D eigenvalue weighted by Gasteiger charge is 2.14. The number of fused-ring (bicyclic) bond motifs is 1. The minimum atomic E-state index is -0.531. The third-order valence-corrected chi connectivity index (χ3v) is 5.08. The van der Waals surface area contributed by atoms with E-state index in [-0.39, 0.29) is 17.5 Å². The van der Waals surface area contributed by atoms with Crippen molar-refractivity contribution < 1.29 is 13.9 Å². The van der Waals surface area contributed by atoms with Crippen LogP contribution < -0.4 is 15.8 Å². The Balaban J connectivity index is 1.51. The number of thiophene rings is 1. The molecule has 3 N–H and O–H groups in total. The second-order valence-electron chi connectivity index (χ2n) is 6.05. The number of hydrogen-bond donors (Lipinski definition) is 2. The van der Waals surface area contributed by atoms with Gasteiger partial charge in [-0.25, -0.2) is 8.91 Å². The van der Waals surface area contributed by atoms with Crippen LogP contribution in [-0.2, 0) is 6.54 Å². The molecule has 0 fully saturated rings. The van der Waals surface area contributed by atoms with Crippen molar-refractivity contribution in [2.24, 2.45) is 0 Å². The van der Waals surface area contributed by atoms with Crippen LogP contribution in [0.25, 0.3) is 16.8 Å². The lowest BCUT2D eigenvalue weighted by Crippen LogP contribution is -2.21. The fraction of sp³-hybridized carbons (Fsp3) is 0.105. The monoisotopic (exact) mass is 397 g/mol. The number of carbonyl (C=O) groups is 1. The summed E-state index contributed by atoms with van der Waals surface area (Å²) in [6.45, 7) is 0.377. The molecule has 142 valence electrons. The average Bonchev–Trinajstić information content (AvgIpc) is 3.33. The summed E-state index contributed by atoms with van der Waals surface area (Å²) in [5.74, 6) is -0.00199. The van der Waals surface area contributed by atoms with Gasteiger partial charge in [0.1, 0.15) is 5.75 Å². The first-order valence-electron chi connectivity index (χ1n) is 8.35. The number of methoxy groups -OCH3 is 1. The minimum absolute atomic E-state index is 0.000946. The van der Waals surface area contributed by atoms with E-state index in [2.05, 4.69) is 15.4 Å². The van der Waals surface area contributed by atoms with E-state index in [4.69, 9.17) is 10.5 Å². The highest BCUT2D eigenvalue weighted by Crippen LogP contribution is 2.27. The normalized spacial score (nSPS) is 10.9. The van der Waals surface area contributed by atoms with Crippen LogP contribution in [0.4, 0.5) is 10.3 Å². The molecule has 0 saturated heterocycles. The first kappa shape index (κ1) is 17.9. The number of nitrogens with one attached hydrogen (secondary N) is 1. The van der Waals surface area contributed by atoms with E-state index in [1.54, 1.807) is 24.8 Å². The van der Waals surface area contributed by atoms with Gasteiger partial charge in [-0.15, -0.1) is 16.4 Å². The van der Waals surface area contributed by atoms with Gasteiger partial charge in [-0.3, -0.25) is 4.79 Å². The number of benzene rings is 1. The molecule has 1 aromatic carbocycles. The van der Waals surface area contributed by atoms with Gasteiger partial charge >= 0.3 is 0 Å². The molecule has 9 heteroatoms. The topological polar surface area (TPSA) is 94.5 Å². The molecule has 3 heterocycles. The number of carbonyl (C=O) groups excluding carboxylic acids is 1. The molecule has 28 heavy (non-hydrogen) atoms. The molecule has 0 aliphatic heterocycles. The molecule has 0 radical (unpaired) electrons. The quantitative estimate of drug-likeness (QED) is 0.540. The van der Waals surface area contributed by atoms with E-state index in [9.17, 15) is 9.18 Å². The fourth-order valence-electron chi connectivity index (χ4n) is 2.78. The Morgan fingerprint density at radius 3 is 3.00 bits per heavy atom. The summed E-state index contributed by atoms with van der Waals surface area (Å²) in [7, 11) is 1.60. The number of pyridine rings is 1. The van der Waals surface area contributed by atoms with Gasteiger partial charge in [0, 0.05) is 18.3 Å². The molecular formula is C19H16FN5O2S. The highest BCUT2D eigenvalue weighted by atomic mass is 32.1. The minimum Gasteiger partial charge on any atom is -0.497 e. The van der Waals surface area contributed by atoms with Crippen LogP contribution in [0.2, 0.25) is 0 Å². The number of aromatic nitrogens is 3. The Labute approximate surface area is 163 Å². The first-order valence-corrected chi connectivity index (χ1v) is 9.23. The Hall–Kier alpha value is -3.46. The van der Waals surface area contributed by atoms with Gasteiger partial charge in [0.25, 0.3) is 5.91 Å². The second-order valence-corrected chi connectivity index (χ2v) is 6.96. The molecule has 3 aromatic heterocycles. The molecule has 4 rings (SSSR count). The summed E-state index contributed by atoms with van der Waals surface area (Å²) >= 11 is 1.28. The van der Waals surface area contributed by atoms with Crippen LogP contribution in [0.15, 0.2) is 48.0 Å².